The molecule has 0 aromatic carbocycles. The molecule has 1 aliphatic rings. The highest BCUT2D eigenvalue weighted by atomic mass is 16.5. The second kappa shape index (κ2) is 5.65. The third kappa shape index (κ3) is 2.95. The Balaban J connectivity index is 2.00. The molecule has 6 nitrogen and oxygen atoms in total. The van der Waals surface area contributed by atoms with Crippen LogP contribution in [0.15, 0.2) is 18.3 Å². The maximum atomic E-state index is 5.62. The first-order valence-corrected chi connectivity index (χ1v) is 7.04. The fraction of sp³-hybridized carbons (Fsp3) is 0.400. The minimum absolute atomic E-state index is 0.289. The first-order chi connectivity index (χ1) is 10.1. The largest absolute Gasteiger partial charge is 0.378 e. The van der Waals surface area contributed by atoms with Gasteiger partial charge in [0.15, 0.2) is 0 Å². The van der Waals surface area contributed by atoms with E-state index in [9.17, 15) is 0 Å². The average Bonchev–Trinajstić information content (AvgIpc) is 2.47. The number of ether oxygens (including phenoxy) is 1. The quantitative estimate of drug-likeness (QED) is 0.902. The van der Waals surface area contributed by atoms with Gasteiger partial charge in [-0.15, -0.1) is 0 Å². The predicted molar refractivity (Wildman–Crippen MR) is 82.2 cm³/mol. The van der Waals surface area contributed by atoms with E-state index < -0.39 is 0 Å². The van der Waals surface area contributed by atoms with E-state index in [0.29, 0.717) is 0 Å². The summed E-state index contributed by atoms with van der Waals surface area (Å²) in [6.07, 6.45) is 1.74. The van der Waals surface area contributed by atoms with E-state index in [1.54, 1.807) is 6.20 Å². The van der Waals surface area contributed by atoms with E-state index in [1.165, 1.54) is 0 Å². The zero-order valence-electron chi connectivity index (χ0n) is 12.3. The summed E-state index contributed by atoms with van der Waals surface area (Å²) in [7, 11) is 0. The average molecular weight is 285 g/mol. The van der Waals surface area contributed by atoms with Gasteiger partial charge < -0.3 is 15.4 Å². The van der Waals surface area contributed by atoms with Crippen LogP contribution >= 0.6 is 0 Å². The van der Waals surface area contributed by atoms with Crippen LogP contribution in [0.1, 0.15) is 11.3 Å². The molecule has 2 aromatic heterocycles. The SMILES string of the molecule is Cc1cc(-c2cnc(N)nc2C)nc(N2CCOCC2)c1. The maximum Gasteiger partial charge on any atom is 0.220 e. The smallest absolute Gasteiger partial charge is 0.220 e. The van der Waals surface area contributed by atoms with Gasteiger partial charge in [0.25, 0.3) is 0 Å². The van der Waals surface area contributed by atoms with Gasteiger partial charge >= 0.3 is 0 Å². The molecule has 0 amide bonds. The number of aryl methyl sites for hydroxylation is 2. The molecule has 1 aliphatic heterocycles. The second-order valence-electron chi connectivity index (χ2n) is 5.21. The van der Waals surface area contributed by atoms with Gasteiger partial charge in [-0.2, -0.15) is 0 Å². The lowest BCUT2D eigenvalue weighted by molar-refractivity contribution is 0.122. The predicted octanol–water partition coefficient (Wildman–Crippen LogP) is 1.57. The lowest BCUT2D eigenvalue weighted by atomic mass is 10.1. The number of anilines is 2. The highest BCUT2D eigenvalue weighted by Crippen LogP contribution is 2.25. The fourth-order valence-corrected chi connectivity index (χ4v) is 2.48. The molecule has 3 rings (SSSR count). The minimum atomic E-state index is 0.289. The third-order valence-corrected chi connectivity index (χ3v) is 3.57. The van der Waals surface area contributed by atoms with Crippen molar-refractivity contribution in [2.75, 3.05) is 36.9 Å². The molecule has 1 fully saturated rings. The molecule has 0 spiro atoms. The molecule has 0 radical (unpaired) electrons. The summed E-state index contributed by atoms with van der Waals surface area (Å²) in [5, 5.41) is 0. The fourth-order valence-electron chi connectivity index (χ4n) is 2.48. The van der Waals surface area contributed by atoms with E-state index in [0.717, 1.165) is 54.6 Å². The Morgan fingerprint density at radius 3 is 2.62 bits per heavy atom. The minimum Gasteiger partial charge on any atom is -0.378 e. The normalized spacial score (nSPS) is 15.2. The molecule has 0 aliphatic carbocycles. The number of aromatic nitrogens is 3. The topological polar surface area (TPSA) is 77.2 Å². The van der Waals surface area contributed by atoms with Crippen LogP contribution in [-0.4, -0.2) is 41.3 Å². The van der Waals surface area contributed by atoms with Crippen LogP contribution in [0, 0.1) is 13.8 Å². The zero-order chi connectivity index (χ0) is 14.8. The number of hydrogen-bond donors (Lipinski definition) is 1. The van der Waals surface area contributed by atoms with Gasteiger partial charge in [0, 0.05) is 24.8 Å². The summed E-state index contributed by atoms with van der Waals surface area (Å²) >= 11 is 0. The summed E-state index contributed by atoms with van der Waals surface area (Å²) < 4.78 is 5.40. The molecule has 0 atom stereocenters. The molecule has 3 heterocycles. The first-order valence-electron chi connectivity index (χ1n) is 7.04. The van der Waals surface area contributed by atoms with Crippen LogP contribution in [0.5, 0.6) is 0 Å². The van der Waals surface area contributed by atoms with Crippen LogP contribution in [0.4, 0.5) is 11.8 Å². The van der Waals surface area contributed by atoms with Crippen molar-refractivity contribution < 1.29 is 4.74 Å². The van der Waals surface area contributed by atoms with E-state index in [-0.39, 0.29) is 5.95 Å². The number of morpholine rings is 1. The molecule has 0 unspecified atom stereocenters. The van der Waals surface area contributed by atoms with Crippen LogP contribution in [0.3, 0.4) is 0 Å². The van der Waals surface area contributed by atoms with Crippen molar-refractivity contribution >= 4 is 11.8 Å². The first kappa shape index (κ1) is 13.8. The lowest BCUT2D eigenvalue weighted by Crippen LogP contribution is -2.36. The number of hydrogen-bond acceptors (Lipinski definition) is 6. The van der Waals surface area contributed by atoms with E-state index in [1.807, 2.05) is 13.0 Å². The lowest BCUT2D eigenvalue weighted by Gasteiger charge is -2.28. The van der Waals surface area contributed by atoms with Gasteiger partial charge in [0.05, 0.1) is 24.6 Å². The molecule has 2 N–H and O–H groups in total. The highest BCUT2D eigenvalue weighted by molar-refractivity contribution is 5.64. The van der Waals surface area contributed by atoms with Crippen molar-refractivity contribution in [1.29, 1.82) is 0 Å². The summed E-state index contributed by atoms with van der Waals surface area (Å²) in [5.74, 6) is 1.27. The van der Waals surface area contributed by atoms with Crippen molar-refractivity contribution in [1.82, 2.24) is 15.0 Å². The Labute approximate surface area is 124 Å². The van der Waals surface area contributed by atoms with Gasteiger partial charge in [0.1, 0.15) is 5.82 Å². The summed E-state index contributed by atoms with van der Waals surface area (Å²) in [6, 6.07) is 4.15. The Bertz CT molecular complexity index is 653. The molecule has 0 bridgehead atoms. The molecule has 110 valence electrons. The Morgan fingerprint density at radius 1 is 1.14 bits per heavy atom. The molecule has 1 saturated heterocycles. The molecular formula is C15H19N5O. The summed E-state index contributed by atoms with van der Waals surface area (Å²) in [5.41, 5.74) is 9.43. The van der Waals surface area contributed by atoms with Crippen molar-refractivity contribution in [3.05, 3.63) is 29.6 Å². The van der Waals surface area contributed by atoms with Gasteiger partial charge in [-0.1, -0.05) is 0 Å². The third-order valence-electron chi connectivity index (χ3n) is 3.57. The number of rotatable bonds is 2. The van der Waals surface area contributed by atoms with Crippen LogP contribution in [0.25, 0.3) is 11.3 Å². The van der Waals surface area contributed by atoms with Crippen molar-refractivity contribution in [2.45, 2.75) is 13.8 Å². The van der Waals surface area contributed by atoms with E-state index >= 15 is 0 Å². The van der Waals surface area contributed by atoms with E-state index in [4.69, 9.17) is 15.5 Å². The molecular weight excluding hydrogens is 266 g/mol. The number of nitrogens with zero attached hydrogens (tertiary/aromatic N) is 4. The zero-order valence-corrected chi connectivity index (χ0v) is 12.3. The van der Waals surface area contributed by atoms with Crippen molar-refractivity contribution in [3.63, 3.8) is 0 Å². The monoisotopic (exact) mass is 285 g/mol. The van der Waals surface area contributed by atoms with Gasteiger partial charge in [-0.25, -0.2) is 15.0 Å². The Morgan fingerprint density at radius 2 is 1.90 bits per heavy atom. The summed E-state index contributed by atoms with van der Waals surface area (Å²) in [4.78, 5) is 15.3. The number of nitrogens with two attached hydrogens (primary N) is 1. The Hall–Kier alpha value is -2.21. The Kier molecular flexibility index (Phi) is 3.70. The standard InChI is InChI=1S/C15H19N5O/c1-10-7-13(12-9-17-15(16)18-11(12)2)19-14(8-10)20-3-5-21-6-4-20/h7-9H,3-6H2,1-2H3,(H2,16,17,18). The molecule has 0 saturated carbocycles. The van der Waals surface area contributed by atoms with E-state index in [2.05, 4.69) is 27.9 Å². The highest BCUT2D eigenvalue weighted by Gasteiger charge is 2.15. The number of nitrogen functional groups attached to an aromatic ring is 1. The van der Waals surface area contributed by atoms with Crippen molar-refractivity contribution in [2.24, 2.45) is 0 Å². The van der Waals surface area contributed by atoms with Crippen LogP contribution < -0.4 is 10.6 Å². The van der Waals surface area contributed by atoms with Gasteiger partial charge in [0.2, 0.25) is 5.95 Å². The van der Waals surface area contributed by atoms with Crippen LogP contribution in [-0.2, 0) is 4.74 Å². The maximum absolute atomic E-state index is 5.62. The summed E-state index contributed by atoms with van der Waals surface area (Å²) in [6.45, 7) is 7.22. The molecule has 6 heteroatoms. The molecule has 2 aromatic rings. The van der Waals surface area contributed by atoms with Gasteiger partial charge in [-0.3, -0.25) is 0 Å². The number of pyridine rings is 1. The van der Waals surface area contributed by atoms with Gasteiger partial charge in [-0.05, 0) is 31.5 Å². The second-order valence-corrected chi connectivity index (χ2v) is 5.21. The van der Waals surface area contributed by atoms with Crippen molar-refractivity contribution in [3.8, 4) is 11.3 Å². The molecule has 21 heavy (non-hydrogen) atoms. The van der Waals surface area contributed by atoms with Crippen LogP contribution in [0.2, 0.25) is 0 Å².